The third-order valence-corrected chi connectivity index (χ3v) is 4.01. The molecule has 0 radical (unpaired) electrons. The van der Waals surface area contributed by atoms with Crippen molar-refractivity contribution in [2.24, 2.45) is 11.7 Å². The highest BCUT2D eigenvalue weighted by Gasteiger charge is 2.55. The van der Waals surface area contributed by atoms with Crippen molar-refractivity contribution in [3.05, 3.63) is 0 Å². The highest BCUT2D eigenvalue weighted by molar-refractivity contribution is 5.77. The van der Waals surface area contributed by atoms with Crippen molar-refractivity contribution in [2.75, 3.05) is 6.54 Å². The van der Waals surface area contributed by atoms with Crippen LogP contribution in [-0.2, 0) is 0 Å². The summed E-state index contributed by atoms with van der Waals surface area (Å²) in [6.07, 6.45) is -2.99. The van der Waals surface area contributed by atoms with Crippen LogP contribution < -0.4 is 5.73 Å². The number of halogens is 3. The summed E-state index contributed by atoms with van der Waals surface area (Å²) in [5.41, 5.74) is 4.46. The zero-order valence-corrected chi connectivity index (χ0v) is 11.1. The van der Waals surface area contributed by atoms with E-state index in [1.807, 2.05) is 11.8 Å². The van der Waals surface area contributed by atoms with Crippen LogP contribution in [0.2, 0.25) is 0 Å². The van der Waals surface area contributed by atoms with Gasteiger partial charge in [-0.15, -0.1) is 0 Å². The smallest absolute Gasteiger partial charge is 0.388 e. The Morgan fingerprint density at radius 1 is 1.50 bits per heavy atom. The Kier molecular flexibility index (Phi) is 4.30. The van der Waals surface area contributed by atoms with Crippen molar-refractivity contribution in [3.63, 3.8) is 0 Å². The number of alkyl halides is 3. The Morgan fingerprint density at radius 3 is 2.39 bits per heavy atom. The minimum atomic E-state index is -4.16. The summed E-state index contributed by atoms with van der Waals surface area (Å²) in [7, 11) is 0. The van der Waals surface area contributed by atoms with Crippen LogP contribution in [0.15, 0.2) is 0 Å². The minimum Gasteiger partial charge on any atom is -0.388 e. The van der Waals surface area contributed by atoms with Crippen LogP contribution in [0.3, 0.4) is 0 Å². The standard InChI is InChI=1S/C12H22F3N3/c1-4-8(7-10(16)17)18-6-5-9(11(18,2)3)12(13,14)15/h8-9H,4-7H2,1-3H3,(H3,16,17). The van der Waals surface area contributed by atoms with Crippen LogP contribution >= 0.6 is 0 Å². The largest absolute Gasteiger partial charge is 0.393 e. The molecule has 1 aliphatic heterocycles. The molecule has 1 rings (SSSR count). The van der Waals surface area contributed by atoms with Gasteiger partial charge in [-0.25, -0.2) is 0 Å². The molecule has 18 heavy (non-hydrogen) atoms. The van der Waals surface area contributed by atoms with E-state index in [0.29, 0.717) is 19.4 Å². The van der Waals surface area contributed by atoms with Gasteiger partial charge < -0.3 is 5.73 Å². The molecular formula is C12H22F3N3. The van der Waals surface area contributed by atoms with Crippen LogP contribution in [0.25, 0.3) is 0 Å². The maximum Gasteiger partial charge on any atom is 0.393 e. The Balaban J connectivity index is 2.89. The number of nitrogens with two attached hydrogens (primary N) is 1. The maximum atomic E-state index is 13.0. The van der Waals surface area contributed by atoms with Gasteiger partial charge in [-0.1, -0.05) is 6.92 Å². The normalized spacial score (nSPS) is 26.2. The monoisotopic (exact) mass is 265 g/mol. The van der Waals surface area contributed by atoms with Gasteiger partial charge >= 0.3 is 6.18 Å². The quantitative estimate of drug-likeness (QED) is 0.606. The number of nitrogens with one attached hydrogen (secondary N) is 1. The lowest BCUT2D eigenvalue weighted by Gasteiger charge is -2.41. The van der Waals surface area contributed by atoms with Gasteiger partial charge in [0.25, 0.3) is 0 Å². The summed E-state index contributed by atoms with van der Waals surface area (Å²) in [6.45, 7) is 5.62. The molecule has 1 aliphatic rings. The summed E-state index contributed by atoms with van der Waals surface area (Å²) in [6, 6.07) is -0.0788. The van der Waals surface area contributed by atoms with E-state index in [9.17, 15) is 13.2 Å². The van der Waals surface area contributed by atoms with E-state index in [-0.39, 0.29) is 18.3 Å². The van der Waals surface area contributed by atoms with Gasteiger partial charge in [-0.05, 0) is 33.2 Å². The van der Waals surface area contributed by atoms with E-state index in [1.54, 1.807) is 13.8 Å². The van der Waals surface area contributed by atoms with E-state index in [1.165, 1.54) is 0 Å². The molecule has 106 valence electrons. The van der Waals surface area contributed by atoms with E-state index >= 15 is 0 Å². The Morgan fingerprint density at radius 2 is 2.06 bits per heavy atom. The number of amidine groups is 1. The van der Waals surface area contributed by atoms with Crippen LogP contribution in [0, 0.1) is 11.3 Å². The number of hydrogen-bond acceptors (Lipinski definition) is 2. The van der Waals surface area contributed by atoms with Crippen LogP contribution in [-0.4, -0.2) is 35.0 Å². The first-order valence-electron chi connectivity index (χ1n) is 6.27. The van der Waals surface area contributed by atoms with Gasteiger partial charge in [0.15, 0.2) is 0 Å². The molecule has 0 spiro atoms. The molecule has 1 fully saturated rings. The molecule has 0 amide bonds. The van der Waals surface area contributed by atoms with Gasteiger partial charge in [0.05, 0.1) is 11.8 Å². The lowest BCUT2D eigenvalue weighted by Crippen LogP contribution is -2.52. The zero-order chi connectivity index (χ0) is 14.1. The molecule has 3 nitrogen and oxygen atoms in total. The molecule has 1 saturated heterocycles. The molecule has 0 aromatic carbocycles. The Labute approximate surface area is 106 Å². The van der Waals surface area contributed by atoms with E-state index in [0.717, 1.165) is 0 Å². The van der Waals surface area contributed by atoms with Crippen LogP contribution in [0.4, 0.5) is 13.2 Å². The average molecular weight is 265 g/mol. The van der Waals surface area contributed by atoms with E-state index in [2.05, 4.69) is 0 Å². The fourth-order valence-corrected chi connectivity index (χ4v) is 3.06. The summed E-state index contributed by atoms with van der Waals surface area (Å²) in [5.74, 6) is -1.26. The minimum absolute atomic E-state index is 0.0353. The third kappa shape index (κ3) is 2.96. The maximum absolute atomic E-state index is 13.0. The molecule has 6 heteroatoms. The molecule has 0 bridgehead atoms. The molecule has 0 saturated carbocycles. The van der Waals surface area contributed by atoms with Crippen molar-refractivity contribution < 1.29 is 13.2 Å². The second-order valence-corrected chi connectivity index (χ2v) is 5.52. The van der Waals surface area contributed by atoms with Crippen molar-refractivity contribution in [1.82, 2.24) is 4.90 Å². The first kappa shape index (κ1) is 15.3. The molecule has 0 aromatic rings. The number of nitrogens with zero attached hydrogens (tertiary/aromatic N) is 1. The molecule has 2 atom stereocenters. The van der Waals surface area contributed by atoms with Gasteiger partial charge in [0.2, 0.25) is 0 Å². The molecule has 3 N–H and O–H groups in total. The molecule has 1 heterocycles. The van der Waals surface area contributed by atoms with Gasteiger partial charge in [-0.2, -0.15) is 13.2 Å². The van der Waals surface area contributed by atoms with Crippen molar-refractivity contribution >= 4 is 5.84 Å². The van der Waals surface area contributed by atoms with Gasteiger partial charge in [0, 0.05) is 18.0 Å². The topological polar surface area (TPSA) is 53.1 Å². The zero-order valence-electron chi connectivity index (χ0n) is 11.1. The second-order valence-electron chi connectivity index (χ2n) is 5.52. The van der Waals surface area contributed by atoms with Crippen LogP contribution in [0.1, 0.15) is 40.0 Å². The fourth-order valence-electron chi connectivity index (χ4n) is 3.06. The van der Waals surface area contributed by atoms with Crippen molar-refractivity contribution in [2.45, 2.75) is 57.8 Å². The molecule has 0 aromatic heterocycles. The first-order valence-corrected chi connectivity index (χ1v) is 6.27. The lowest BCUT2D eigenvalue weighted by molar-refractivity contribution is -0.193. The number of rotatable bonds is 4. The fraction of sp³-hybridized carbons (Fsp3) is 0.917. The Bertz CT molecular complexity index is 312. The summed E-state index contributed by atoms with van der Waals surface area (Å²) < 4.78 is 38.9. The third-order valence-electron chi connectivity index (χ3n) is 4.01. The number of likely N-dealkylation sites (tertiary alicyclic amines) is 1. The van der Waals surface area contributed by atoms with Crippen molar-refractivity contribution in [1.29, 1.82) is 5.41 Å². The second kappa shape index (κ2) is 5.07. The number of hydrogen-bond donors (Lipinski definition) is 2. The highest BCUT2D eigenvalue weighted by atomic mass is 19.4. The van der Waals surface area contributed by atoms with Crippen LogP contribution in [0.5, 0.6) is 0 Å². The van der Waals surface area contributed by atoms with Crippen molar-refractivity contribution in [3.8, 4) is 0 Å². The lowest BCUT2D eigenvalue weighted by atomic mass is 9.86. The Hall–Kier alpha value is -0.780. The SMILES string of the molecule is CCC(CC(=N)N)N1CCC(C(F)(F)F)C1(C)C. The van der Waals surface area contributed by atoms with E-state index in [4.69, 9.17) is 11.1 Å². The highest BCUT2D eigenvalue weighted by Crippen LogP contribution is 2.46. The summed E-state index contributed by atoms with van der Waals surface area (Å²) in [5, 5.41) is 7.32. The summed E-state index contributed by atoms with van der Waals surface area (Å²) in [4.78, 5) is 1.87. The average Bonchev–Trinajstić information content (AvgIpc) is 2.49. The van der Waals surface area contributed by atoms with E-state index < -0.39 is 17.6 Å². The molecule has 2 unspecified atom stereocenters. The first-order chi connectivity index (χ1) is 8.10. The summed E-state index contributed by atoms with van der Waals surface area (Å²) >= 11 is 0. The van der Waals surface area contributed by atoms with Gasteiger partial charge in [-0.3, -0.25) is 10.3 Å². The predicted molar refractivity (Wildman–Crippen MR) is 65.6 cm³/mol. The predicted octanol–water partition coefficient (Wildman–Crippen LogP) is 2.75. The van der Waals surface area contributed by atoms with Gasteiger partial charge in [0.1, 0.15) is 0 Å². The molecule has 0 aliphatic carbocycles. The molecular weight excluding hydrogens is 243 g/mol.